The Morgan fingerprint density at radius 2 is 1.88 bits per heavy atom. The summed E-state index contributed by atoms with van der Waals surface area (Å²) in [4.78, 5) is 4.62. The number of aryl methyl sites for hydroxylation is 3. The van der Waals surface area contributed by atoms with Gasteiger partial charge in [-0.2, -0.15) is 0 Å². The molecule has 2 rings (SSSR count). The first-order valence-electron chi connectivity index (χ1n) is 5.69. The van der Waals surface area contributed by atoms with Gasteiger partial charge in [-0.15, -0.1) is 0 Å². The van der Waals surface area contributed by atoms with Crippen LogP contribution in [0.5, 0.6) is 0 Å². The number of nitrogens with zero attached hydrogens (tertiary/aromatic N) is 1. The Labute approximate surface area is 96.5 Å². The monoisotopic (exact) mass is 214 g/mol. The molecular weight excluding hydrogens is 196 g/mol. The van der Waals surface area contributed by atoms with Crippen LogP contribution in [0, 0.1) is 20.8 Å². The van der Waals surface area contributed by atoms with Crippen molar-refractivity contribution in [1.29, 1.82) is 0 Å². The van der Waals surface area contributed by atoms with Gasteiger partial charge in [0.15, 0.2) is 0 Å². The summed E-state index contributed by atoms with van der Waals surface area (Å²) in [5.74, 6) is 0. The molecule has 2 heteroatoms. The standard InChI is InChI=1S/C14H18N2/c1-9-6-10(2)14-13(7-9)12(4-5-15)8-11(3)16-14/h6-8H,4-5,15H2,1-3H3. The molecular formula is C14H18N2. The van der Waals surface area contributed by atoms with Crippen molar-refractivity contribution in [2.45, 2.75) is 27.2 Å². The maximum atomic E-state index is 5.66. The maximum Gasteiger partial charge on any atom is 0.0737 e. The van der Waals surface area contributed by atoms with Gasteiger partial charge in [-0.1, -0.05) is 11.6 Å². The van der Waals surface area contributed by atoms with Crippen LogP contribution in [0.25, 0.3) is 10.9 Å². The Morgan fingerprint density at radius 3 is 2.56 bits per heavy atom. The van der Waals surface area contributed by atoms with E-state index < -0.39 is 0 Å². The highest BCUT2D eigenvalue weighted by Gasteiger charge is 2.06. The summed E-state index contributed by atoms with van der Waals surface area (Å²) in [6.45, 7) is 6.97. The van der Waals surface area contributed by atoms with Crippen molar-refractivity contribution in [3.8, 4) is 0 Å². The molecule has 2 nitrogen and oxygen atoms in total. The zero-order valence-corrected chi connectivity index (χ0v) is 10.2. The van der Waals surface area contributed by atoms with Crippen LogP contribution in [0.1, 0.15) is 22.4 Å². The predicted octanol–water partition coefficient (Wildman–Crippen LogP) is 2.66. The second-order valence-electron chi connectivity index (χ2n) is 4.44. The quantitative estimate of drug-likeness (QED) is 0.834. The van der Waals surface area contributed by atoms with Gasteiger partial charge in [0.25, 0.3) is 0 Å². The van der Waals surface area contributed by atoms with E-state index in [1.807, 2.05) is 6.92 Å². The second kappa shape index (κ2) is 4.22. The van der Waals surface area contributed by atoms with E-state index in [0.29, 0.717) is 6.54 Å². The van der Waals surface area contributed by atoms with Gasteiger partial charge >= 0.3 is 0 Å². The fourth-order valence-electron chi connectivity index (χ4n) is 2.25. The summed E-state index contributed by atoms with van der Waals surface area (Å²) >= 11 is 0. The molecule has 0 fully saturated rings. The molecule has 0 aliphatic rings. The molecule has 0 bridgehead atoms. The largest absolute Gasteiger partial charge is 0.330 e. The number of hydrogen-bond acceptors (Lipinski definition) is 2. The first-order chi connectivity index (χ1) is 7.61. The molecule has 0 radical (unpaired) electrons. The van der Waals surface area contributed by atoms with Gasteiger partial charge in [-0.05, 0) is 57.0 Å². The minimum absolute atomic E-state index is 0.686. The van der Waals surface area contributed by atoms with Crippen LogP contribution in [0.2, 0.25) is 0 Å². The highest BCUT2D eigenvalue weighted by atomic mass is 14.7. The molecule has 0 amide bonds. The van der Waals surface area contributed by atoms with E-state index in [1.165, 1.54) is 22.1 Å². The number of rotatable bonds is 2. The fraction of sp³-hybridized carbons (Fsp3) is 0.357. The van der Waals surface area contributed by atoms with E-state index >= 15 is 0 Å². The second-order valence-corrected chi connectivity index (χ2v) is 4.44. The number of fused-ring (bicyclic) bond motifs is 1. The van der Waals surface area contributed by atoms with Crippen molar-refractivity contribution in [3.63, 3.8) is 0 Å². The van der Waals surface area contributed by atoms with Crippen molar-refractivity contribution < 1.29 is 0 Å². The average Bonchev–Trinajstić information content (AvgIpc) is 2.20. The Kier molecular flexibility index (Phi) is 2.92. The van der Waals surface area contributed by atoms with Crippen molar-refractivity contribution in [3.05, 3.63) is 40.6 Å². The first kappa shape index (κ1) is 11.1. The highest BCUT2D eigenvalue weighted by molar-refractivity contribution is 5.86. The molecule has 1 heterocycles. The summed E-state index contributed by atoms with van der Waals surface area (Å²) in [5.41, 5.74) is 11.7. The minimum Gasteiger partial charge on any atom is -0.330 e. The van der Waals surface area contributed by atoms with Crippen LogP contribution in [0.15, 0.2) is 18.2 Å². The molecule has 0 saturated heterocycles. The van der Waals surface area contributed by atoms with Crippen LogP contribution in [-0.4, -0.2) is 11.5 Å². The van der Waals surface area contributed by atoms with E-state index in [1.54, 1.807) is 0 Å². The van der Waals surface area contributed by atoms with Gasteiger partial charge in [-0.25, -0.2) is 0 Å². The van der Waals surface area contributed by atoms with Crippen LogP contribution in [0.3, 0.4) is 0 Å². The summed E-state index contributed by atoms with van der Waals surface area (Å²) in [5, 5.41) is 1.26. The van der Waals surface area contributed by atoms with Crippen LogP contribution >= 0.6 is 0 Å². The number of pyridine rings is 1. The molecule has 0 aliphatic carbocycles. The van der Waals surface area contributed by atoms with Crippen molar-refractivity contribution >= 4 is 10.9 Å². The first-order valence-corrected chi connectivity index (χ1v) is 5.69. The third-order valence-corrected chi connectivity index (χ3v) is 2.88. The Hall–Kier alpha value is -1.41. The van der Waals surface area contributed by atoms with Gasteiger partial charge in [0, 0.05) is 11.1 Å². The normalized spacial score (nSPS) is 11.0. The molecule has 2 aromatic rings. The number of aromatic nitrogens is 1. The van der Waals surface area contributed by atoms with Crippen LogP contribution in [0.4, 0.5) is 0 Å². The third kappa shape index (κ3) is 1.93. The molecule has 2 N–H and O–H groups in total. The van der Waals surface area contributed by atoms with Crippen molar-refractivity contribution in [2.75, 3.05) is 6.54 Å². The fourth-order valence-corrected chi connectivity index (χ4v) is 2.25. The Bertz CT molecular complexity index is 530. The van der Waals surface area contributed by atoms with Crippen LogP contribution < -0.4 is 5.73 Å². The lowest BCUT2D eigenvalue weighted by atomic mass is 10.00. The molecule has 0 aliphatic heterocycles. The average molecular weight is 214 g/mol. The molecule has 1 aromatic carbocycles. The van der Waals surface area contributed by atoms with E-state index in [4.69, 9.17) is 5.73 Å². The van der Waals surface area contributed by atoms with E-state index in [9.17, 15) is 0 Å². The Morgan fingerprint density at radius 1 is 1.12 bits per heavy atom. The van der Waals surface area contributed by atoms with E-state index in [0.717, 1.165) is 17.6 Å². The van der Waals surface area contributed by atoms with Gasteiger partial charge in [0.2, 0.25) is 0 Å². The van der Waals surface area contributed by atoms with E-state index in [-0.39, 0.29) is 0 Å². The number of hydrogen-bond donors (Lipinski definition) is 1. The van der Waals surface area contributed by atoms with Gasteiger partial charge < -0.3 is 5.73 Å². The van der Waals surface area contributed by atoms with Gasteiger partial charge in [-0.3, -0.25) is 4.98 Å². The molecule has 0 unspecified atom stereocenters. The smallest absolute Gasteiger partial charge is 0.0737 e. The van der Waals surface area contributed by atoms with Crippen molar-refractivity contribution in [2.24, 2.45) is 5.73 Å². The Balaban J connectivity index is 2.78. The van der Waals surface area contributed by atoms with Gasteiger partial charge in [0.1, 0.15) is 0 Å². The molecule has 1 aromatic heterocycles. The molecule has 84 valence electrons. The lowest BCUT2D eigenvalue weighted by Crippen LogP contribution is -2.04. The van der Waals surface area contributed by atoms with Crippen LogP contribution in [-0.2, 0) is 6.42 Å². The topological polar surface area (TPSA) is 38.9 Å². The van der Waals surface area contributed by atoms with E-state index in [2.05, 4.69) is 37.0 Å². The highest BCUT2D eigenvalue weighted by Crippen LogP contribution is 2.23. The molecule has 16 heavy (non-hydrogen) atoms. The summed E-state index contributed by atoms with van der Waals surface area (Å²) < 4.78 is 0. The minimum atomic E-state index is 0.686. The summed E-state index contributed by atoms with van der Waals surface area (Å²) in [6.07, 6.45) is 0.919. The summed E-state index contributed by atoms with van der Waals surface area (Å²) in [6, 6.07) is 6.54. The van der Waals surface area contributed by atoms with Crippen molar-refractivity contribution in [1.82, 2.24) is 4.98 Å². The lowest BCUT2D eigenvalue weighted by molar-refractivity contribution is 0.970. The third-order valence-electron chi connectivity index (χ3n) is 2.88. The molecule has 0 atom stereocenters. The zero-order chi connectivity index (χ0) is 11.7. The SMILES string of the molecule is Cc1cc(C)c2nc(C)cc(CCN)c2c1. The maximum absolute atomic E-state index is 5.66. The molecule has 0 saturated carbocycles. The zero-order valence-electron chi connectivity index (χ0n) is 10.2. The molecule has 0 spiro atoms. The predicted molar refractivity (Wildman–Crippen MR) is 68.7 cm³/mol. The number of nitrogens with two attached hydrogens (primary N) is 1. The number of benzene rings is 1. The van der Waals surface area contributed by atoms with Gasteiger partial charge in [0.05, 0.1) is 5.52 Å². The summed E-state index contributed by atoms with van der Waals surface area (Å²) in [7, 11) is 0. The lowest BCUT2D eigenvalue weighted by Gasteiger charge is -2.10.